The largest absolute Gasteiger partial charge is 0.497 e. The summed E-state index contributed by atoms with van der Waals surface area (Å²) in [6, 6.07) is 11.9. The monoisotopic (exact) mass is 440 g/mol. The Hall–Kier alpha value is -2.74. The molecule has 1 aliphatic heterocycles. The van der Waals surface area contributed by atoms with Crippen LogP contribution in [0.4, 0.5) is 0 Å². The first-order chi connectivity index (χ1) is 15.2. The lowest BCUT2D eigenvalue weighted by atomic mass is 10.0. The van der Waals surface area contributed by atoms with Crippen LogP contribution in [0.1, 0.15) is 38.4 Å². The molecule has 2 aromatic heterocycles. The number of furan rings is 1. The summed E-state index contributed by atoms with van der Waals surface area (Å²) in [7, 11) is 1.64. The number of aromatic nitrogens is 3. The number of piperidine rings is 1. The van der Waals surface area contributed by atoms with E-state index in [4.69, 9.17) is 9.15 Å². The van der Waals surface area contributed by atoms with Gasteiger partial charge in [0.15, 0.2) is 11.0 Å². The predicted octanol–water partition coefficient (Wildman–Crippen LogP) is 4.48. The zero-order valence-corrected chi connectivity index (χ0v) is 18.8. The van der Waals surface area contributed by atoms with Gasteiger partial charge in [0.2, 0.25) is 5.91 Å². The highest BCUT2D eigenvalue weighted by Gasteiger charge is 2.26. The first-order valence-corrected chi connectivity index (χ1v) is 11.7. The zero-order chi connectivity index (χ0) is 21.6. The van der Waals surface area contributed by atoms with Gasteiger partial charge in [0.25, 0.3) is 0 Å². The lowest BCUT2D eigenvalue weighted by molar-refractivity contribution is -0.132. The number of hydrogen-bond acceptors (Lipinski definition) is 6. The van der Waals surface area contributed by atoms with Gasteiger partial charge in [-0.25, -0.2) is 0 Å². The number of rotatable bonds is 8. The number of methoxy groups -OCH3 is 1. The lowest BCUT2D eigenvalue weighted by Crippen LogP contribution is -2.44. The fraction of sp³-hybridized carbons (Fsp3) is 0.435. The molecule has 4 rings (SSSR count). The van der Waals surface area contributed by atoms with Crippen LogP contribution in [0.2, 0.25) is 0 Å². The van der Waals surface area contributed by atoms with Gasteiger partial charge >= 0.3 is 0 Å². The van der Waals surface area contributed by atoms with Crippen molar-refractivity contribution < 1.29 is 13.9 Å². The summed E-state index contributed by atoms with van der Waals surface area (Å²) in [5, 5.41) is 9.54. The van der Waals surface area contributed by atoms with Crippen LogP contribution in [-0.2, 0) is 11.3 Å². The van der Waals surface area contributed by atoms with Crippen LogP contribution >= 0.6 is 11.8 Å². The molecular weight excluding hydrogens is 412 g/mol. The molecule has 1 aliphatic rings. The third-order valence-corrected chi connectivity index (χ3v) is 6.65. The summed E-state index contributed by atoms with van der Waals surface area (Å²) < 4.78 is 12.8. The van der Waals surface area contributed by atoms with Crippen LogP contribution in [0.25, 0.3) is 11.4 Å². The fourth-order valence-corrected chi connectivity index (χ4v) is 4.84. The van der Waals surface area contributed by atoms with Gasteiger partial charge in [-0.3, -0.25) is 9.36 Å². The highest BCUT2D eigenvalue weighted by Crippen LogP contribution is 2.28. The van der Waals surface area contributed by atoms with Gasteiger partial charge in [-0.15, -0.1) is 10.2 Å². The molecule has 0 saturated carbocycles. The number of nitrogens with zero attached hydrogens (tertiary/aromatic N) is 4. The van der Waals surface area contributed by atoms with E-state index in [1.165, 1.54) is 18.2 Å². The van der Waals surface area contributed by atoms with Crippen molar-refractivity contribution in [1.29, 1.82) is 0 Å². The molecule has 1 fully saturated rings. The molecular formula is C23H28N4O3S. The van der Waals surface area contributed by atoms with Crippen LogP contribution in [-0.4, -0.2) is 51.0 Å². The SMILES string of the molecule is CCC1CCCCN1C(=O)CSc1nnc(-c2ccc(OC)cc2)n1Cc1ccco1. The average Bonchev–Trinajstić information content (AvgIpc) is 3.48. The third-order valence-electron chi connectivity index (χ3n) is 5.70. The Morgan fingerprint density at radius 1 is 1.23 bits per heavy atom. The van der Waals surface area contributed by atoms with E-state index in [1.54, 1.807) is 13.4 Å². The minimum Gasteiger partial charge on any atom is -0.497 e. The molecule has 1 saturated heterocycles. The smallest absolute Gasteiger partial charge is 0.233 e. The van der Waals surface area contributed by atoms with Gasteiger partial charge in [0, 0.05) is 18.2 Å². The third kappa shape index (κ3) is 4.95. The van der Waals surface area contributed by atoms with Crippen LogP contribution in [0.5, 0.6) is 5.75 Å². The summed E-state index contributed by atoms with van der Waals surface area (Å²) in [6.45, 7) is 3.51. The van der Waals surface area contributed by atoms with E-state index in [1.807, 2.05) is 45.9 Å². The van der Waals surface area contributed by atoms with Gasteiger partial charge in [-0.2, -0.15) is 0 Å². The molecule has 31 heavy (non-hydrogen) atoms. The number of thioether (sulfide) groups is 1. The highest BCUT2D eigenvalue weighted by molar-refractivity contribution is 7.99. The molecule has 7 nitrogen and oxygen atoms in total. The summed E-state index contributed by atoms with van der Waals surface area (Å²) in [5.41, 5.74) is 0.931. The average molecular weight is 441 g/mol. The molecule has 3 aromatic rings. The van der Waals surface area contributed by atoms with Crippen molar-refractivity contribution in [3.05, 3.63) is 48.4 Å². The number of carbonyl (C=O) groups excluding carboxylic acids is 1. The van der Waals surface area contributed by atoms with E-state index >= 15 is 0 Å². The van der Waals surface area contributed by atoms with Gasteiger partial charge in [0.1, 0.15) is 11.5 Å². The molecule has 1 unspecified atom stereocenters. The van der Waals surface area contributed by atoms with Crippen molar-refractivity contribution in [3.8, 4) is 17.1 Å². The lowest BCUT2D eigenvalue weighted by Gasteiger charge is -2.35. The minimum absolute atomic E-state index is 0.176. The highest BCUT2D eigenvalue weighted by atomic mass is 32.2. The topological polar surface area (TPSA) is 73.4 Å². The van der Waals surface area contributed by atoms with Crippen LogP contribution < -0.4 is 4.74 Å². The summed E-state index contributed by atoms with van der Waals surface area (Å²) in [4.78, 5) is 15.0. The van der Waals surface area contributed by atoms with Crippen LogP contribution in [0, 0.1) is 0 Å². The second kappa shape index (κ2) is 10.0. The van der Waals surface area contributed by atoms with Gasteiger partial charge < -0.3 is 14.1 Å². The molecule has 1 aromatic carbocycles. The first kappa shape index (κ1) is 21.5. The normalized spacial score (nSPS) is 16.5. The van der Waals surface area contributed by atoms with Crippen molar-refractivity contribution in [2.75, 3.05) is 19.4 Å². The Labute approximate surface area is 186 Å². The predicted molar refractivity (Wildman–Crippen MR) is 120 cm³/mol. The maximum Gasteiger partial charge on any atom is 0.233 e. The van der Waals surface area contributed by atoms with Crippen molar-refractivity contribution >= 4 is 17.7 Å². The molecule has 3 heterocycles. The number of ether oxygens (including phenoxy) is 1. The Morgan fingerprint density at radius 3 is 2.77 bits per heavy atom. The number of benzene rings is 1. The van der Waals surface area contributed by atoms with E-state index in [2.05, 4.69) is 17.1 Å². The maximum absolute atomic E-state index is 12.9. The number of amides is 1. The maximum atomic E-state index is 12.9. The van der Waals surface area contributed by atoms with Crippen molar-refractivity contribution in [2.24, 2.45) is 0 Å². The Kier molecular flexibility index (Phi) is 6.96. The Morgan fingerprint density at radius 2 is 2.06 bits per heavy atom. The van der Waals surface area contributed by atoms with E-state index < -0.39 is 0 Å². The summed E-state index contributed by atoms with van der Waals surface area (Å²) in [5.74, 6) is 2.86. The number of carbonyl (C=O) groups is 1. The van der Waals surface area contributed by atoms with Gasteiger partial charge in [0.05, 0.1) is 25.7 Å². The number of likely N-dealkylation sites (tertiary alicyclic amines) is 1. The molecule has 0 bridgehead atoms. The van der Waals surface area contributed by atoms with Crippen LogP contribution in [0.15, 0.2) is 52.2 Å². The molecule has 1 amide bonds. The van der Waals surface area contributed by atoms with E-state index in [0.29, 0.717) is 23.5 Å². The molecule has 0 radical (unpaired) electrons. The second-order valence-corrected chi connectivity index (χ2v) is 8.58. The van der Waals surface area contributed by atoms with Crippen LogP contribution in [0.3, 0.4) is 0 Å². The molecule has 0 N–H and O–H groups in total. The number of hydrogen-bond donors (Lipinski definition) is 0. The quantitative estimate of drug-likeness (QED) is 0.481. The van der Waals surface area contributed by atoms with E-state index in [-0.39, 0.29) is 5.91 Å². The zero-order valence-electron chi connectivity index (χ0n) is 18.0. The Balaban J connectivity index is 1.55. The molecule has 0 spiro atoms. The van der Waals surface area contributed by atoms with Crippen molar-refractivity contribution in [3.63, 3.8) is 0 Å². The van der Waals surface area contributed by atoms with E-state index in [9.17, 15) is 4.79 Å². The summed E-state index contributed by atoms with van der Waals surface area (Å²) in [6.07, 6.45) is 6.06. The minimum atomic E-state index is 0.176. The first-order valence-electron chi connectivity index (χ1n) is 10.7. The molecule has 1 atom stereocenters. The van der Waals surface area contributed by atoms with Gasteiger partial charge in [-0.1, -0.05) is 18.7 Å². The summed E-state index contributed by atoms with van der Waals surface area (Å²) >= 11 is 1.44. The second-order valence-electron chi connectivity index (χ2n) is 7.63. The van der Waals surface area contributed by atoms with E-state index in [0.717, 1.165) is 48.7 Å². The Bertz CT molecular complexity index is 985. The molecule has 8 heteroatoms. The molecule has 0 aliphatic carbocycles. The fourth-order valence-electron chi connectivity index (χ4n) is 4.01. The van der Waals surface area contributed by atoms with Gasteiger partial charge in [-0.05, 0) is 62.1 Å². The molecule has 164 valence electrons. The standard InChI is InChI=1S/C23H28N4O3S/c1-3-18-7-4-5-13-26(18)21(28)16-31-23-25-24-22(17-9-11-19(29-2)12-10-17)27(23)15-20-8-6-14-30-20/h6,8-12,14,18H,3-5,7,13,15-16H2,1-2H3. The van der Waals surface area contributed by atoms with Crippen molar-refractivity contribution in [2.45, 2.75) is 50.4 Å². The van der Waals surface area contributed by atoms with Crippen molar-refractivity contribution in [1.82, 2.24) is 19.7 Å².